The minimum Gasteiger partial charge on any atom is -0.489 e. The van der Waals surface area contributed by atoms with E-state index in [1.807, 2.05) is 26.0 Å². The van der Waals surface area contributed by atoms with Gasteiger partial charge < -0.3 is 23.9 Å². The maximum Gasteiger partial charge on any atom is 0.310 e. The second-order valence-corrected chi connectivity index (χ2v) is 7.70. The molecule has 0 radical (unpaired) electrons. The number of nitrogens with one attached hydrogen (secondary N) is 1. The largest absolute Gasteiger partial charge is 0.489 e. The lowest BCUT2D eigenvalue weighted by Crippen LogP contribution is -2.22. The van der Waals surface area contributed by atoms with Gasteiger partial charge in [-0.1, -0.05) is 0 Å². The molecule has 1 N–H and O–H groups in total. The van der Waals surface area contributed by atoms with Crippen LogP contribution in [0.3, 0.4) is 0 Å². The summed E-state index contributed by atoms with van der Waals surface area (Å²) in [5.74, 6) is -0.812. The second-order valence-electron chi connectivity index (χ2n) is 7.70. The number of ether oxygens (including phenoxy) is 3. The summed E-state index contributed by atoms with van der Waals surface area (Å²) in [4.78, 5) is 35.4. The summed E-state index contributed by atoms with van der Waals surface area (Å²) < 4.78 is 21.5. The van der Waals surface area contributed by atoms with E-state index in [-0.39, 0.29) is 23.5 Å². The molecule has 1 aliphatic heterocycles. The van der Waals surface area contributed by atoms with Crippen molar-refractivity contribution in [1.82, 2.24) is 0 Å². The van der Waals surface area contributed by atoms with Gasteiger partial charge in [0.2, 0.25) is 0 Å². The Morgan fingerprint density at radius 1 is 1.09 bits per heavy atom. The maximum absolute atomic E-state index is 12.3. The molecule has 2 heterocycles. The highest BCUT2D eigenvalue weighted by molar-refractivity contribution is 5.96. The molecule has 1 amide bonds. The normalized spacial score (nSPS) is 12.8. The zero-order chi connectivity index (χ0) is 23.5. The van der Waals surface area contributed by atoms with Crippen LogP contribution in [-0.4, -0.2) is 36.6 Å². The molecule has 10 heteroatoms. The number of furan rings is 1. The van der Waals surface area contributed by atoms with Crippen LogP contribution < -0.4 is 14.8 Å². The number of nitro groups is 1. The molecule has 0 atom stereocenters. The Morgan fingerprint density at radius 2 is 1.79 bits per heavy atom. The van der Waals surface area contributed by atoms with Crippen LogP contribution in [0.5, 0.6) is 11.5 Å². The summed E-state index contributed by atoms with van der Waals surface area (Å²) in [7, 11) is 0. The molecule has 0 fully saturated rings. The molecule has 3 aromatic rings. The lowest BCUT2D eigenvalue weighted by molar-refractivity contribution is -0.384. The van der Waals surface area contributed by atoms with Crippen molar-refractivity contribution in [3.8, 4) is 11.5 Å². The number of carbonyl (C=O) groups is 2. The Labute approximate surface area is 188 Å². The summed E-state index contributed by atoms with van der Waals surface area (Å²) >= 11 is 0. The van der Waals surface area contributed by atoms with Crippen molar-refractivity contribution in [2.75, 3.05) is 25.1 Å². The second kappa shape index (κ2) is 9.19. The van der Waals surface area contributed by atoms with Crippen LogP contribution in [0.1, 0.15) is 23.1 Å². The molecule has 0 bridgehead atoms. The highest BCUT2D eigenvalue weighted by atomic mass is 16.6. The number of benzene rings is 2. The Kier molecular flexibility index (Phi) is 6.16. The topological polar surface area (TPSA) is 130 Å². The van der Waals surface area contributed by atoms with Crippen LogP contribution in [0, 0.1) is 24.0 Å². The molecule has 10 nitrogen and oxygen atoms in total. The van der Waals surface area contributed by atoms with Crippen LogP contribution in [0.2, 0.25) is 0 Å². The molecule has 0 unspecified atom stereocenters. The highest BCUT2D eigenvalue weighted by Gasteiger charge is 2.23. The van der Waals surface area contributed by atoms with Crippen molar-refractivity contribution in [3.63, 3.8) is 0 Å². The van der Waals surface area contributed by atoms with Crippen LogP contribution in [0.4, 0.5) is 11.4 Å². The Balaban J connectivity index is 1.40. The third kappa shape index (κ3) is 4.89. The fourth-order valence-corrected chi connectivity index (χ4v) is 3.46. The van der Waals surface area contributed by atoms with E-state index < -0.39 is 23.4 Å². The van der Waals surface area contributed by atoms with E-state index in [0.29, 0.717) is 36.5 Å². The van der Waals surface area contributed by atoms with Gasteiger partial charge in [0.25, 0.3) is 11.6 Å². The highest BCUT2D eigenvalue weighted by Crippen LogP contribution is 2.39. The van der Waals surface area contributed by atoms with Gasteiger partial charge in [0.1, 0.15) is 11.3 Å². The molecule has 0 spiro atoms. The van der Waals surface area contributed by atoms with Gasteiger partial charge in [0.05, 0.1) is 36.9 Å². The van der Waals surface area contributed by atoms with E-state index in [4.69, 9.17) is 18.6 Å². The van der Waals surface area contributed by atoms with Crippen LogP contribution in [0.15, 0.2) is 34.9 Å². The Hall–Kier alpha value is -4.08. The first-order valence-corrected chi connectivity index (χ1v) is 10.3. The zero-order valence-electron chi connectivity index (χ0n) is 18.1. The third-order valence-corrected chi connectivity index (χ3v) is 5.31. The lowest BCUT2D eigenvalue weighted by atomic mass is 10.0. The van der Waals surface area contributed by atoms with Gasteiger partial charge in [-0.2, -0.15) is 0 Å². The number of aryl methyl sites for hydroxylation is 2. The van der Waals surface area contributed by atoms with E-state index in [9.17, 15) is 19.7 Å². The number of hydrogen-bond donors (Lipinski definition) is 1. The number of esters is 1. The molecular formula is C23H22N2O8. The molecule has 0 saturated heterocycles. The third-order valence-electron chi connectivity index (χ3n) is 5.31. The van der Waals surface area contributed by atoms with Gasteiger partial charge in [-0.15, -0.1) is 0 Å². The minimum atomic E-state index is -0.718. The van der Waals surface area contributed by atoms with Crippen molar-refractivity contribution in [2.24, 2.45) is 0 Å². The number of hydrogen-bond acceptors (Lipinski definition) is 8. The molecular weight excluding hydrogens is 432 g/mol. The van der Waals surface area contributed by atoms with Crippen LogP contribution >= 0.6 is 0 Å². The number of rotatable bonds is 6. The first-order valence-electron chi connectivity index (χ1n) is 10.3. The average molecular weight is 454 g/mol. The Bertz CT molecular complexity index is 1250. The molecule has 2 aromatic carbocycles. The van der Waals surface area contributed by atoms with E-state index >= 15 is 0 Å². The summed E-state index contributed by atoms with van der Waals surface area (Å²) in [5, 5.41) is 14.7. The smallest absolute Gasteiger partial charge is 0.310 e. The molecule has 4 rings (SSSR count). The molecule has 0 aliphatic carbocycles. The van der Waals surface area contributed by atoms with Gasteiger partial charge in [0.15, 0.2) is 18.1 Å². The molecule has 1 aromatic heterocycles. The monoisotopic (exact) mass is 454 g/mol. The van der Waals surface area contributed by atoms with Crippen molar-refractivity contribution in [2.45, 2.75) is 26.7 Å². The van der Waals surface area contributed by atoms with E-state index in [2.05, 4.69) is 5.32 Å². The molecule has 0 saturated carbocycles. The van der Waals surface area contributed by atoms with Gasteiger partial charge in [-0.05, 0) is 37.1 Å². The number of nitrogens with zero attached hydrogens (tertiary/aromatic N) is 1. The number of fused-ring (bicyclic) bond motifs is 2. The number of anilines is 1. The van der Waals surface area contributed by atoms with Crippen LogP contribution in [0.25, 0.3) is 11.0 Å². The van der Waals surface area contributed by atoms with E-state index in [1.54, 1.807) is 0 Å². The fraction of sp³-hybridized carbons (Fsp3) is 0.304. The van der Waals surface area contributed by atoms with Gasteiger partial charge in [-0.25, -0.2) is 0 Å². The first-order chi connectivity index (χ1) is 15.8. The summed E-state index contributed by atoms with van der Waals surface area (Å²) in [6.45, 7) is 4.09. The number of amides is 1. The van der Waals surface area contributed by atoms with E-state index in [0.717, 1.165) is 16.5 Å². The zero-order valence-corrected chi connectivity index (χ0v) is 18.1. The quantitative estimate of drug-likeness (QED) is 0.338. The van der Waals surface area contributed by atoms with Crippen molar-refractivity contribution in [1.29, 1.82) is 0 Å². The first kappa shape index (κ1) is 22.1. The van der Waals surface area contributed by atoms with Crippen molar-refractivity contribution < 1.29 is 33.1 Å². The van der Waals surface area contributed by atoms with Crippen molar-refractivity contribution in [3.05, 3.63) is 57.3 Å². The summed E-state index contributed by atoms with van der Waals surface area (Å²) in [6.07, 6.45) is 2.05. The Morgan fingerprint density at radius 3 is 2.52 bits per heavy atom. The predicted octanol–water partition coefficient (Wildman–Crippen LogP) is 3.84. The summed E-state index contributed by atoms with van der Waals surface area (Å²) in [5.41, 5.74) is 3.03. The van der Waals surface area contributed by atoms with Crippen molar-refractivity contribution >= 4 is 34.2 Å². The van der Waals surface area contributed by atoms with Gasteiger partial charge >= 0.3 is 5.97 Å². The van der Waals surface area contributed by atoms with Gasteiger partial charge in [-0.3, -0.25) is 19.7 Å². The summed E-state index contributed by atoms with van der Waals surface area (Å²) in [6, 6.07) is 6.37. The predicted molar refractivity (Wildman–Crippen MR) is 118 cm³/mol. The number of carbonyl (C=O) groups excluding carboxylic acids is 2. The van der Waals surface area contributed by atoms with E-state index in [1.165, 1.54) is 18.4 Å². The van der Waals surface area contributed by atoms with Crippen LogP contribution in [-0.2, 0) is 20.7 Å². The molecule has 172 valence electrons. The van der Waals surface area contributed by atoms with Gasteiger partial charge in [0, 0.05) is 23.4 Å². The molecule has 1 aliphatic rings. The lowest BCUT2D eigenvalue weighted by Gasteiger charge is -2.11. The number of nitro benzene ring substituents is 1. The fourth-order valence-electron chi connectivity index (χ4n) is 3.46. The average Bonchev–Trinajstić information content (AvgIpc) is 2.99. The minimum absolute atomic E-state index is 0.0722. The maximum atomic E-state index is 12.3. The molecule has 33 heavy (non-hydrogen) atoms. The standard InChI is InChI=1S/C23H22N2O8/c1-13-6-16-15(11-32-19(16)7-14(13)2)8-23(27)33-12-22(26)24-17-9-20-21(10-18(17)25(28)29)31-5-3-4-30-20/h6-7,9-11H,3-5,8,12H2,1-2H3,(H,24,26). The SMILES string of the molecule is Cc1cc2occ(CC(=O)OCC(=O)Nc3cc4c(cc3[N+](=O)[O-])OCCCO4)c2cc1C.